The number of benzene rings is 3. The molecule has 2 heterocycles. The molecule has 41 heavy (non-hydrogen) atoms. The number of likely N-dealkylation sites (tertiary alicyclic amines) is 1. The van der Waals surface area contributed by atoms with Crippen LogP contribution < -0.4 is 15.2 Å². The van der Waals surface area contributed by atoms with Crippen LogP contribution in [0.3, 0.4) is 0 Å². The molecule has 2 saturated heterocycles. The second-order valence-corrected chi connectivity index (χ2v) is 13.7. The van der Waals surface area contributed by atoms with Gasteiger partial charge in [0.05, 0.1) is 17.5 Å². The maximum absolute atomic E-state index is 14.1. The highest BCUT2D eigenvalue weighted by molar-refractivity contribution is 7.89. The Kier molecular flexibility index (Phi) is 8.14. The lowest BCUT2D eigenvalue weighted by atomic mass is 10.0. The summed E-state index contributed by atoms with van der Waals surface area (Å²) >= 11 is 6.02. The molecule has 1 amide bonds. The van der Waals surface area contributed by atoms with Crippen molar-refractivity contribution in [3.8, 4) is 11.5 Å². The van der Waals surface area contributed by atoms with Crippen LogP contribution in [-0.4, -0.2) is 67.5 Å². The van der Waals surface area contributed by atoms with E-state index in [4.69, 9.17) is 26.8 Å². The van der Waals surface area contributed by atoms with Gasteiger partial charge < -0.3 is 20.1 Å². The highest BCUT2D eigenvalue weighted by Crippen LogP contribution is 2.33. The van der Waals surface area contributed by atoms with E-state index in [1.807, 2.05) is 24.3 Å². The van der Waals surface area contributed by atoms with Crippen LogP contribution in [-0.2, 0) is 14.8 Å². The summed E-state index contributed by atoms with van der Waals surface area (Å²) in [4.78, 5) is 15.6. The van der Waals surface area contributed by atoms with Crippen molar-refractivity contribution in [3.63, 3.8) is 0 Å². The molecule has 2 N–H and O–H groups in total. The summed E-state index contributed by atoms with van der Waals surface area (Å²) < 4.78 is 41.8. The van der Waals surface area contributed by atoms with Crippen LogP contribution in [0.1, 0.15) is 44.9 Å². The number of ether oxygens (including phenoxy) is 2. The van der Waals surface area contributed by atoms with Gasteiger partial charge in [-0.25, -0.2) is 8.42 Å². The minimum atomic E-state index is -4.01. The van der Waals surface area contributed by atoms with Crippen LogP contribution in [0.15, 0.2) is 65.6 Å². The molecule has 0 bridgehead atoms. The van der Waals surface area contributed by atoms with E-state index in [9.17, 15) is 13.2 Å². The molecule has 0 aromatic heterocycles. The molecular weight excluding hydrogens is 562 g/mol. The first-order valence-corrected chi connectivity index (χ1v) is 16.3. The summed E-state index contributed by atoms with van der Waals surface area (Å²) in [6.07, 6.45) is 5.94. The van der Waals surface area contributed by atoms with Crippen LogP contribution in [0.25, 0.3) is 10.8 Å². The third-order valence-corrected chi connectivity index (χ3v) is 10.6. The average molecular weight is 598 g/mol. The van der Waals surface area contributed by atoms with Gasteiger partial charge in [0, 0.05) is 30.6 Å². The van der Waals surface area contributed by atoms with Crippen molar-refractivity contribution in [1.82, 2.24) is 9.21 Å². The van der Waals surface area contributed by atoms with E-state index in [1.54, 1.807) is 41.3 Å². The molecule has 3 aromatic rings. The van der Waals surface area contributed by atoms with Gasteiger partial charge in [0.15, 0.2) is 0 Å². The number of halogens is 1. The number of carbonyl (C=O) groups is 1. The van der Waals surface area contributed by atoms with Gasteiger partial charge in [-0.05, 0) is 97.8 Å². The molecule has 0 radical (unpaired) electrons. The van der Waals surface area contributed by atoms with E-state index in [1.165, 1.54) is 17.1 Å². The van der Waals surface area contributed by atoms with Crippen LogP contribution in [0.4, 0.5) is 0 Å². The van der Waals surface area contributed by atoms with Gasteiger partial charge >= 0.3 is 0 Å². The van der Waals surface area contributed by atoms with E-state index < -0.39 is 22.2 Å². The summed E-state index contributed by atoms with van der Waals surface area (Å²) in [5, 5.41) is 2.28. The van der Waals surface area contributed by atoms with Gasteiger partial charge in [-0.1, -0.05) is 23.7 Å². The molecule has 218 valence electrons. The van der Waals surface area contributed by atoms with E-state index in [-0.39, 0.29) is 35.9 Å². The first kappa shape index (κ1) is 28.3. The molecule has 2 atom stereocenters. The maximum atomic E-state index is 14.1. The Balaban J connectivity index is 1.26. The zero-order valence-corrected chi connectivity index (χ0v) is 24.5. The molecular formula is C31H36ClN3O5S. The van der Waals surface area contributed by atoms with E-state index in [0.29, 0.717) is 36.7 Å². The summed E-state index contributed by atoms with van der Waals surface area (Å²) in [6.45, 7) is 1.11. The smallest absolute Gasteiger partial charge is 0.243 e. The minimum absolute atomic E-state index is 0.0603. The first-order chi connectivity index (χ1) is 19.8. The lowest BCUT2D eigenvalue weighted by Gasteiger charge is -2.34. The Morgan fingerprint density at radius 1 is 0.829 bits per heavy atom. The number of amides is 1. The van der Waals surface area contributed by atoms with Crippen LogP contribution >= 0.6 is 11.6 Å². The highest BCUT2D eigenvalue weighted by Gasteiger charge is 2.46. The van der Waals surface area contributed by atoms with Crippen LogP contribution in [0.2, 0.25) is 5.02 Å². The van der Waals surface area contributed by atoms with Crippen molar-refractivity contribution in [2.75, 3.05) is 19.6 Å². The molecule has 3 aliphatic rings. The van der Waals surface area contributed by atoms with Crippen molar-refractivity contribution in [1.29, 1.82) is 0 Å². The fourth-order valence-electron chi connectivity index (χ4n) is 6.15. The minimum Gasteiger partial charge on any atom is -0.490 e. The molecule has 10 heteroatoms. The Hall–Kier alpha value is -2.85. The fraction of sp³-hybridized carbons (Fsp3) is 0.452. The zero-order valence-electron chi connectivity index (χ0n) is 23.0. The number of piperidine rings is 1. The Morgan fingerprint density at radius 3 is 2.20 bits per heavy atom. The third-order valence-electron chi connectivity index (χ3n) is 8.46. The lowest BCUT2D eigenvalue weighted by Crippen LogP contribution is -2.51. The Labute approximate surface area is 246 Å². The molecule has 6 rings (SSSR count). The topological polar surface area (TPSA) is 102 Å². The molecule has 0 unspecified atom stereocenters. The van der Waals surface area contributed by atoms with E-state index in [2.05, 4.69) is 0 Å². The Bertz CT molecular complexity index is 1500. The second kappa shape index (κ2) is 11.8. The number of carbonyl (C=O) groups excluding carboxylic acids is 1. The number of sulfonamides is 1. The standard InChI is InChI=1S/C31H36ClN3O5S/c32-23-7-10-26(11-8-23)40-28-19-30(31(36)34-15-13-24(33)14-16-34)35(20-28)41(37,38)29-12-6-21-17-27(9-5-22(21)18-29)39-25-3-1-2-4-25/h5-12,17-18,24-25,28,30H,1-4,13-16,19-20,33H2/t28-,30-/m0/s1. The molecule has 3 fully saturated rings. The quantitative estimate of drug-likeness (QED) is 0.412. The van der Waals surface area contributed by atoms with Crippen LogP contribution in [0, 0.1) is 0 Å². The third kappa shape index (κ3) is 6.18. The van der Waals surface area contributed by atoms with Crippen molar-refractivity contribution in [2.45, 2.75) is 74.1 Å². The number of nitrogens with two attached hydrogens (primary N) is 1. The molecule has 2 aliphatic heterocycles. The van der Waals surface area contributed by atoms with Crippen molar-refractivity contribution < 1.29 is 22.7 Å². The van der Waals surface area contributed by atoms with Gasteiger partial charge in [0.2, 0.25) is 15.9 Å². The molecule has 1 saturated carbocycles. The number of hydrogen-bond acceptors (Lipinski definition) is 6. The van der Waals surface area contributed by atoms with E-state index in [0.717, 1.165) is 29.4 Å². The summed E-state index contributed by atoms with van der Waals surface area (Å²) in [5.41, 5.74) is 6.06. The lowest BCUT2D eigenvalue weighted by molar-refractivity contribution is -0.135. The van der Waals surface area contributed by atoms with Crippen molar-refractivity contribution in [3.05, 3.63) is 65.7 Å². The van der Waals surface area contributed by atoms with Crippen LogP contribution in [0.5, 0.6) is 11.5 Å². The predicted molar refractivity (Wildman–Crippen MR) is 159 cm³/mol. The predicted octanol–water partition coefficient (Wildman–Crippen LogP) is 4.97. The summed E-state index contributed by atoms with van der Waals surface area (Å²) in [6, 6.07) is 17.0. The van der Waals surface area contributed by atoms with E-state index >= 15 is 0 Å². The highest BCUT2D eigenvalue weighted by atomic mass is 35.5. The number of nitrogens with zero attached hydrogens (tertiary/aromatic N) is 2. The van der Waals surface area contributed by atoms with Crippen molar-refractivity contribution >= 4 is 38.3 Å². The average Bonchev–Trinajstić information content (AvgIpc) is 3.64. The number of rotatable bonds is 7. The summed E-state index contributed by atoms with van der Waals surface area (Å²) in [5.74, 6) is 1.18. The second-order valence-electron chi connectivity index (χ2n) is 11.4. The SMILES string of the molecule is NC1CCN(C(=O)[C@@H]2C[C@H](Oc3ccc(Cl)cc3)CN2S(=O)(=O)c2ccc3cc(OC4CCCC4)ccc3c2)CC1. The molecule has 8 nitrogen and oxygen atoms in total. The first-order valence-electron chi connectivity index (χ1n) is 14.5. The monoisotopic (exact) mass is 597 g/mol. The molecule has 0 spiro atoms. The largest absolute Gasteiger partial charge is 0.490 e. The number of fused-ring (bicyclic) bond motifs is 1. The summed E-state index contributed by atoms with van der Waals surface area (Å²) in [7, 11) is -4.01. The van der Waals surface area contributed by atoms with Gasteiger partial charge in [-0.15, -0.1) is 0 Å². The fourth-order valence-corrected chi connectivity index (χ4v) is 7.94. The molecule has 1 aliphatic carbocycles. The zero-order chi connectivity index (χ0) is 28.6. The maximum Gasteiger partial charge on any atom is 0.243 e. The van der Waals surface area contributed by atoms with Crippen molar-refractivity contribution in [2.24, 2.45) is 5.73 Å². The normalized spacial score (nSPS) is 22.8. The van der Waals surface area contributed by atoms with Gasteiger partial charge in [0.25, 0.3) is 0 Å². The number of hydrogen-bond donors (Lipinski definition) is 1. The van der Waals surface area contributed by atoms with Gasteiger partial charge in [0.1, 0.15) is 23.6 Å². The van der Waals surface area contributed by atoms with Gasteiger partial charge in [-0.3, -0.25) is 4.79 Å². The molecule has 3 aromatic carbocycles. The Morgan fingerprint density at radius 2 is 1.46 bits per heavy atom. The van der Waals surface area contributed by atoms with Gasteiger partial charge in [-0.2, -0.15) is 4.31 Å².